The summed E-state index contributed by atoms with van der Waals surface area (Å²) in [5.41, 5.74) is 2.98. The van der Waals surface area contributed by atoms with E-state index in [-0.39, 0.29) is 23.2 Å². The average molecular weight is 725 g/mol. The third kappa shape index (κ3) is 6.90. The molecule has 0 aromatic heterocycles. The van der Waals surface area contributed by atoms with Crippen LogP contribution in [0.5, 0.6) is 5.75 Å². The number of aryl methyl sites for hydroxylation is 1. The van der Waals surface area contributed by atoms with Gasteiger partial charge < -0.3 is 24.0 Å². The number of hydrogen-bond acceptors (Lipinski definition) is 7. The average Bonchev–Trinajstić information content (AvgIpc) is 3.20. The molecule has 1 saturated heterocycles. The standard InChI is InChI=1S/C38H49ClN4O6S/c1-25-7-5-9-33(47-3)30-13-10-28(30)19-42-23-38(16-6-8-26-17-29(39)12-14-31(26)38)24-49-34-15-11-27(18-32(34)42)35(44)40-50(46,20-25)41-36(45)43-21-37(2,22-43)48-4/h5,9,11-12,14-15,17-18,25,28,30,33H,6-8,10,13,16,19-24H2,1-4H3,(H,40,41,44,45,46)/b9-5+/t25-,28-,30+,33-,38-,50-/m0/s1. The van der Waals surface area contributed by atoms with Gasteiger partial charge in [0.1, 0.15) is 21.3 Å². The number of likely N-dealkylation sites (tertiary alicyclic amines) is 1. The fraction of sp³-hybridized carbons (Fsp3) is 0.579. The number of anilines is 1. The molecule has 3 aliphatic heterocycles. The fourth-order valence-electron chi connectivity index (χ4n) is 8.60. The number of amides is 3. The van der Waals surface area contributed by atoms with Crippen molar-refractivity contribution < 1.29 is 28.0 Å². The SMILES string of the molecule is CO[C@H]1/C=C/C[C@H](C)C[S@@](=O)(NC(=O)N2CC(C)(OC)C2)=NC(=O)c2ccc3c(c2)N(C[C@@H]2CC[C@H]21)C[C@@]1(CCCc2cc(Cl)ccc21)CO3. The number of rotatable bonds is 3. The molecule has 5 aliphatic rings. The molecule has 2 aromatic carbocycles. The molecule has 270 valence electrons. The Balaban J connectivity index is 1.27. The van der Waals surface area contributed by atoms with Crippen molar-refractivity contribution in [2.75, 3.05) is 57.7 Å². The number of halogens is 1. The maximum atomic E-state index is 14.5. The van der Waals surface area contributed by atoms with E-state index in [2.05, 4.69) is 38.3 Å². The van der Waals surface area contributed by atoms with Gasteiger partial charge in [-0.1, -0.05) is 36.7 Å². The molecule has 0 radical (unpaired) electrons. The summed E-state index contributed by atoms with van der Waals surface area (Å²) in [6, 6.07) is 11.1. The van der Waals surface area contributed by atoms with Crippen LogP contribution in [0, 0.1) is 17.8 Å². The Labute approximate surface area is 301 Å². The molecule has 2 aromatic rings. The van der Waals surface area contributed by atoms with Crippen LogP contribution in [0.15, 0.2) is 52.9 Å². The van der Waals surface area contributed by atoms with Gasteiger partial charge in [0.05, 0.1) is 37.2 Å². The van der Waals surface area contributed by atoms with E-state index in [0.717, 1.165) is 55.9 Å². The number of carbonyl (C=O) groups is 2. The Morgan fingerprint density at radius 1 is 1.14 bits per heavy atom. The second kappa shape index (κ2) is 13.8. The number of urea groups is 1. The molecule has 12 heteroatoms. The third-order valence-corrected chi connectivity index (χ3v) is 13.8. The number of carbonyl (C=O) groups excluding carboxylic acids is 2. The number of nitrogens with zero attached hydrogens (tertiary/aromatic N) is 3. The molecule has 1 spiro atoms. The van der Waals surface area contributed by atoms with Gasteiger partial charge in [0.15, 0.2) is 0 Å². The van der Waals surface area contributed by atoms with Crippen LogP contribution in [0.4, 0.5) is 10.5 Å². The Kier molecular flexibility index (Phi) is 9.73. The number of allylic oxidation sites excluding steroid dienone is 1. The molecule has 0 unspecified atom stereocenters. The van der Waals surface area contributed by atoms with Crippen molar-refractivity contribution in [1.29, 1.82) is 0 Å². The topological polar surface area (TPSA) is 110 Å². The minimum absolute atomic E-state index is 0.0278. The zero-order valence-electron chi connectivity index (χ0n) is 29.5. The summed E-state index contributed by atoms with van der Waals surface area (Å²) in [5, 5.41) is 0.743. The first kappa shape index (κ1) is 35.3. The van der Waals surface area contributed by atoms with Crippen molar-refractivity contribution in [2.24, 2.45) is 22.1 Å². The molecule has 3 heterocycles. The first-order valence-corrected chi connectivity index (χ1v) is 19.9. The van der Waals surface area contributed by atoms with Crippen LogP contribution in [0.3, 0.4) is 0 Å². The first-order chi connectivity index (χ1) is 23.9. The smallest absolute Gasteiger partial charge is 0.330 e. The lowest BCUT2D eigenvalue weighted by Crippen LogP contribution is -2.65. The molecular formula is C38H49ClN4O6S. The molecule has 2 fully saturated rings. The van der Waals surface area contributed by atoms with Gasteiger partial charge in [-0.05, 0) is 105 Å². The second-order valence-corrected chi connectivity index (χ2v) is 17.8. The van der Waals surface area contributed by atoms with E-state index in [1.54, 1.807) is 20.3 Å². The predicted molar refractivity (Wildman–Crippen MR) is 195 cm³/mol. The molecular weight excluding hydrogens is 676 g/mol. The number of methoxy groups -OCH3 is 2. The van der Waals surface area contributed by atoms with Crippen LogP contribution < -0.4 is 14.4 Å². The summed E-state index contributed by atoms with van der Waals surface area (Å²) in [5.74, 6) is 0.722. The highest BCUT2D eigenvalue weighted by atomic mass is 35.5. The zero-order chi connectivity index (χ0) is 35.3. The van der Waals surface area contributed by atoms with Gasteiger partial charge in [-0.25, -0.2) is 9.00 Å². The van der Waals surface area contributed by atoms with Crippen LogP contribution >= 0.6 is 11.6 Å². The molecule has 50 heavy (non-hydrogen) atoms. The lowest BCUT2D eigenvalue weighted by Gasteiger charge is -2.46. The Morgan fingerprint density at radius 3 is 2.70 bits per heavy atom. The minimum atomic E-state index is -3.48. The summed E-state index contributed by atoms with van der Waals surface area (Å²) < 4.78 is 39.6. The fourth-order valence-corrected chi connectivity index (χ4v) is 10.7. The van der Waals surface area contributed by atoms with E-state index in [4.69, 9.17) is 25.8 Å². The van der Waals surface area contributed by atoms with E-state index in [1.165, 1.54) is 16.0 Å². The first-order valence-electron chi connectivity index (χ1n) is 17.8. The summed E-state index contributed by atoms with van der Waals surface area (Å²) in [6.07, 6.45) is 9.93. The van der Waals surface area contributed by atoms with Crippen LogP contribution in [-0.2, 0) is 31.2 Å². The molecule has 1 N–H and O–H groups in total. The van der Waals surface area contributed by atoms with Gasteiger partial charge in [-0.3, -0.25) is 9.52 Å². The Morgan fingerprint density at radius 2 is 1.96 bits per heavy atom. The Hall–Kier alpha value is -3.12. The molecule has 1 saturated carbocycles. The van der Waals surface area contributed by atoms with Crippen molar-refractivity contribution in [3.8, 4) is 5.75 Å². The minimum Gasteiger partial charge on any atom is -0.490 e. The molecule has 2 aliphatic carbocycles. The Bertz CT molecular complexity index is 1800. The summed E-state index contributed by atoms with van der Waals surface area (Å²) in [6.45, 7) is 6.61. The zero-order valence-corrected chi connectivity index (χ0v) is 31.1. The van der Waals surface area contributed by atoms with E-state index in [1.807, 2.05) is 32.0 Å². The maximum Gasteiger partial charge on any atom is 0.330 e. The highest BCUT2D eigenvalue weighted by Crippen LogP contribution is 2.47. The highest BCUT2D eigenvalue weighted by Gasteiger charge is 2.45. The van der Waals surface area contributed by atoms with Crippen LogP contribution in [-0.4, -0.2) is 85.5 Å². The number of ether oxygens (including phenoxy) is 3. The van der Waals surface area contributed by atoms with Gasteiger partial charge in [-0.15, -0.1) is 4.36 Å². The van der Waals surface area contributed by atoms with Gasteiger partial charge in [0.2, 0.25) is 0 Å². The van der Waals surface area contributed by atoms with Crippen molar-refractivity contribution >= 4 is 39.1 Å². The lowest BCUT2D eigenvalue weighted by atomic mass is 9.68. The summed E-state index contributed by atoms with van der Waals surface area (Å²) in [4.78, 5) is 31.2. The molecule has 6 atom stereocenters. The normalized spacial score (nSPS) is 32.6. The quantitative estimate of drug-likeness (QED) is 0.365. The van der Waals surface area contributed by atoms with Crippen molar-refractivity contribution in [2.45, 2.75) is 69.5 Å². The largest absolute Gasteiger partial charge is 0.490 e. The monoisotopic (exact) mass is 724 g/mol. The van der Waals surface area contributed by atoms with Crippen LogP contribution in [0.2, 0.25) is 5.02 Å². The summed E-state index contributed by atoms with van der Waals surface area (Å²) in [7, 11) is -0.110. The van der Waals surface area contributed by atoms with Crippen molar-refractivity contribution in [3.63, 3.8) is 0 Å². The van der Waals surface area contributed by atoms with E-state index in [9.17, 15) is 13.8 Å². The number of fused-ring (bicyclic) bond motifs is 4. The summed E-state index contributed by atoms with van der Waals surface area (Å²) >= 11 is 6.45. The van der Waals surface area contributed by atoms with Crippen molar-refractivity contribution in [3.05, 3.63) is 70.3 Å². The van der Waals surface area contributed by atoms with E-state index in [0.29, 0.717) is 49.3 Å². The molecule has 3 amide bonds. The molecule has 10 nitrogen and oxygen atoms in total. The number of nitrogens with one attached hydrogen (secondary N) is 1. The highest BCUT2D eigenvalue weighted by molar-refractivity contribution is 7.92. The molecule has 2 bridgehead atoms. The van der Waals surface area contributed by atoms with Gasteiger partial charge in [0.25, 0.3) is 5.91 Å². The second-order valence-electron chi connectivity index (χ2n) is 15.4. The van der Waals surface area contributed by atoms with E-state index < -0.39 is 27.5 Å². The van der Waals surface area contributed by atoms with Gasteiger partial charge in [0, 0.05) is 43.3 Å². The number of benzene rings is 2. The van der Waals surface area contributed by atoms with E-state index >= 15 is 0 Å². The van der Waals surface area contributed by atoms with Crippen LogP contribution in [0.1, 0.15) is 67.4 Å². The maximum absolute atomic E-state index is 14.5. The number of hydrogen-bond donors (Lipinski definition) is 1. The van der Waals surface area contributed by atoms with Crippen molar-refractivity contribution in [1.82, 2.24) is 9.62 Å². The van der Waals surface area contributed by atoms with Crippen LogP contribution in [0.25, 0.3) is 0 Å². The predicted octanol–water partition coefficient (Wildman–Crippen LogP) is 6.40. The third-order valence-electron chi connectivity index (χ3n) is 11.6. The molecule has 7 rings (SSSR count). The van der Waals surface area contributed by atoms with Gasteiger partial charge in [-0.2, -0.15) is 0 Å². The lowest BCUT2D eigenvalue weighted by molar-refractivity contribution is -0.0902. The van der Waals surface area contributed by atoms with Gasteiger partial charge >= 0.3 is 6.03 Å².